The molecule has 0 aliphatic heterocycles. The molecule has 1 N–H and O–H groups in total. The molecule has 1 heterocycles. The van der Waals surface area contributed by atoms with Gasteiger partial charge in [-0.3, -0.25) is 4.68 Å². The summed E-state index contributed by atoms with van der Waals surface area (Å²) in [4.78, 5) is 0. The Kier molecular flexibility index (Phi) is 4.79. The van der Waals surface area contributed by atoms with Crippen LogP contribution in [0.4, 0.5) is 0 Å². The van der Waals surface area contributed by atoms with E-state index in [1.807, 2.05) is 16.8 Å². The van der Waals surface area contributed by atoms with Crippen LogP contribution in [-0.2, 0) is 13.1 Å². The zero-order chi connectivity index (χ0) is 14.5. The molecule has 0 atom stereocenters. The highest BCUT2D eigenvalue weighted by Gasteiger charge is 2.06. The predicted octanol–water partition coefficient (Wildman–Crippen LogP) is 3.07. The van der Waals surface area contributed by atoms with Gasteiger partial charge in [-0.1, -0.05) is 12.1 Å². The average Bonchev–Trinajstić information content (AvgIpc) is 2.81. The minimum atomic E-state index is 0.407. The van der Waals surface area contributed by atoms with Gasteiger partial charge in [-0.25, -0.2) is 0 Å². The monoisotopic (exact) mass is 273 g/mol. The van der Waals surface area contributed by atoms with Crippen molar-refractivity contribution >= 4 is 0 Å². The van der Waals surface area contributed by atoms with Crippen molar-refractivity contribution in [3.05, 3.63) is 47.3 Å². The third kappa shape index (κ3) is 3.61. The highest BCUT2D eigenvalue weighted by molar-refractivity contribution is 5.27. The maximum Gasteiger partial charge on any atom is 0.118 e. The maximum atomic E-state index is 5.15. The molecule has 108 valence electrons. The Labute approximate surface area is 120 Å². The highest BCUT2D eigenvalue weighted by Crippen LogP contribution is 2.12. The van der Waals surface area contributed by atoms with Crippen LogP contribution in [0.15, 0.2) is 30.5 Å². The van der Waals surface area contributed by atoms with E-state index in [1.54, 1.807) is 7.11 Å². The van der Waals surface area contributed by atoms with Crippen molar-refractivity contribution in [2.75, 3.05) is 7.11 Å². The second-order valence-electron chi connectivity index (χ2n) is 5.27. The summed E-state index contributed by atoms with van der Waals surface area (Å²) in [5.74, 6) is 0.891. The average molecular weight is 273 g/mol. The summed E-state index contributed by atoms with van der Waals surface area (Å²) in [6.45, 7) is 8.02. The lowest BCUT2D eigenvalue weighted by atomic mass is 10.2. The van der Waals surface area contributed by atoms with Gasteiger partial charge in [0.05, 0.1) is 12.8 Å². The van der Waals surface area contributed by atoms with Gasteiger partial charge in [-0.15, -0.1) is 0 Å². The Morgan fingerprint density at radius 2 is 1.90 bits per heavy atom. The molecule has 1 aromatic heterocycles. The van der Waals surface area contributed by atoms with E-state index in [9.17, 15) is 0 Å². The first-order valence-corrected chi connectivity index (χ1v) is 6.98. The van der Waals surface area contributed by atoms with Crippen LogP contribution in [0.2, 0.25) is 0 Å². The van der Waals surface area contributed by atoms with E-state index in [1.165, 1.54) is 11.1 Å². The fourth-order valence-electron chi connectivity index (χ4n) is 2.04. The van der Waals surface area contributed by atoms with Gasteiger partial charge in [0.15, 0.2) is 0 Å². The van der Waals surface area contributed by atoms with E-state index in [0.29, 0.717) is 6.04 Å². The molecule has 4 heteroatoms. The molecule has 0 radical (unpaired) electrons. The number of hydrogen-bond donors (Lipinski definition) is 1. The molecule has 0 bridgehead atoms. The van der Waals surface area contributed by atoms with E-state index in [-0.39, 0.29) is 0 Å². The summed E-state index contributed by atoms with van der Waals surface area (Å²) in [7, 11) is 1.68. The molecule has 0 aliphatic carbocycles. The number of benzene rings is 1. The molecular weight excluding hydrogens is 250 g/mol. The maximum absolute atomic E-state index is 5.15. The van der Waals surface area contributed by atoms with Crippen molar-refractivity contribution in [3.8, 4) is 5.75 Å². The number of methoxy groups -OCH3 is 1. The fourth-order valence-corrected chi connectivity index (χ4v) is 2.04. The Morgan fingerprint density at radius 3 is 2.45 bits per heavy atom. The molecule has 1 aromatic carbocycles. The summed E-state index contributed by atoms with van der Waals surface area (Å²) < 4.78 is 7.17. The summed E-state index contributed by atoms with van der Waals surface area (Å²) in [5, 5.41) is 7.97. The number of rotatable bonds is 6. The number of nitrogens with zero attached hydrogens (tertiary/aromatic N) is 2. The van der Waals surface area contributed by atoms with Crippen molar-refractivity contribution in [1.29, 1.82) is 0 Å². The molecule has 4 nitrogen and oxygen atoms in total. The smallest absolute Gasteiger partial charge is 0.118 e. The zero-order valence-electron chi connectivity index (χ0n) is 12.7. The van der Waals surface area contributed by atoms with E-state index in [2.05, 4.69) is 49.5 Å². The summed E-state index contributed by atoms with van der Waals surface area (Å²) in [6.07, 6.45) is 2.13. The molecule has 0 fully saturated rings. The van der Waals surface area contributed by atoms with Crippen LogP contribution in [0.5, 0.6) is 5.75 Å². The van der Waals surface area contributed by atoms with Gasteiger partial charge in [0.25, 0.3) is 0 Å². The van der Waals surface area contributed by atoms with Crippen LogP contribution in [-0.4, -0.2) is 16.9 Å². The van der Waals surface area contributed by atoms with Crippen LogP contribution in [0.25, 0.3) is 0 Å². The molecule has 0 aliphatic rings. The molecular formula is C16H23N3O. The first-order valence-electron chi connectivity index (χ1n) is 6.98. The SMILES string of the molecule is COc1ccc(CNCc2cn(C(C)C)nc2C)cc1. The van der Waals surface area contributed by atoms with Gasteiger partial charge in [-0.2, -0.15) is 5.10 Å². The molecule has 2 rings (SSSR count). The molecule has 2 aromatic rings. The van der Waals surface area contributed by atoms with Crippen LogP contribution < -0.4 is 10.1 Å². The van der Waals surface area contributed by atoms with Crippen molar-refractivity contribution in [1.82, 2.24) is 15.1 Å². The lowest BCUT2D eigenvalue weighted by molar-refractivity contribution is 0.414. The molecule has 0 unspecified atom stereocenters. The molecule has 0 saturated carbocycles. The number of nitrogens with one attached hydrogen (secondary N) is 1. The third-order valence-corrected chi connectivity index (χ3v) is 3.35. The largest absolute Gasteiger partial charge is 0.497 e. The molecule has 0 spiro atoms. The van der Waals surface area contributed by atoms with Crippen LogP contribution in [0.1, 0.15) is 36.7 Å². The predicted molar refractivity (Wildman–Crippen MR) is 80.9 cm³/mol. The number of hydrogen-bond acceptors (Lipinski definition) is 3. The van der Waals surface area contributed by atoms with Gasteiger partial charge in [0.2, 0.25) is 0 Å². The summed E-state index contributed by atoms with van der Waals surface area (Å²) in [5.41, 5.74) is 3.60. The van der Waals surface area contributed by atoms with Gasteiger partial charge in [0, 0.05) is 30.9 Å². The van der Waals surface area contributed by atoms with Gasteiger partial charge in [0.1, 0.15) is 5.75 Å². The Hall–Kier alpha value is -1.81. The lowest BCUT2D eigenvalue weighted by Gasteiger charge is -2.06. The van der Waals surface area contributed by atoms with Crippen LogP contribution >= 0.6 is 0 Å². The first-order chi connectivity index (χ1) is 9.60. The summed E-state index contributed by atoms with van der Waals surface area (Å²) in [6, 6.07) is 8.54. The number of aryl methyl sites for hydroxylation is 1. The topological polar surface area (TPSA) is 39.1 Å². The Morgan fingerprint density at radius 1 is 1.20 bits per heavy atom. The van der Waals surface area contributed by atoms with E-state index >= 15 is 0 Å². The lowest BCUT2D eigenvalue weighted by Crippen LogP contribution is -2.12. The van der Waals surface area contributed by atoms with E-state index in [0.717, 1.165) is 24.5 Å². The molecule has 0 amide bonds. The minimum Gasteiger partial charge on any atom is -0.497 e. The van der Waals surface area contributed by atoms with E-state index in [4.69, 9.17) is 4.74 Å². The summed E-state index contributed by atoms with van der Waals surface area (Å²) >= 11 is 0. The van der Waals surface area contributed by atoms with Gasteiger partial charge >= 0.3 is 0 Å². The second kappa shape index (κ2) is 6.57. The standard InChI is InChI=1S/C16H23N3O/c1-12(2)19-11-15(13(3)18-19)10-17-9-14-5-7-16(20-4)8-6-14/h5-8,11-12,17H,9-10H2,1-4H3. The van der Waals surface area contributed by atoms with Crippen molar-refractivity contribution in [3.63, 3.8) is 0 Å². The number of ether oxygens (including phenoxy) is 1. The van der Waals surface area contributed by atoms with Crippen molar-refractivity contribution in [2.45, 2.75) is 39.9 Å². The van der Waals surface area contributed by atoms with E-state index < -0.39 is 0 Å². The third-order valence-electron chi connectivity index (χ3n) is 3.35. The molecule has 0 saturated heterocycles. The zero-order valence-corrected chi connectivity index (χ0v) is 12.7. The minimum absolute atomic E-state index is 0.407. The fraction of sp³-hybridized carbons (Fsp3) is 0.438. The highest BCUT2D eigenvalue weighted by atomic mass is 16.5. The van der Waals surface area contributed by atoms with Gasteiger partial charge < -0.3 is 10.1 Å². The Bertz CT molecular complexity index is 543. The second-order valence-corrected chi connectivity index (χ2v) is 5.27. The number of aromatic nitrogens is 2. The van der Waals surface area contributed by atoms with Crippen molar-refractivity contribution < 1.29 is 4.74 Å². The quantitative estimate of drug-likeness (QED) is 0.879. The van der Waals surface area contributed by atoms with Crippen LogP contribution in [0, 0.1) is 6.92 Å². The van der Waals surface area contributed by atoms with Gasteiger partial charge in [-0.05, 0) is 38.5 Å². The Balaban J connectivity index is 1.89. The first kappa shape index (κ1) is 14.6. The normalized spacial score (nSPS) is 11.1. The van der Waals surface area contributed by atoms with Crippen molar-refractivity contribution in [2.24, 2.45) is 0 Å². The van der Waals surface area contributed by atoms with Crippen LogP contribution in [0.3, 0.4) is 0 Å². The molecule has 20 heavy (non-hydrogen) atoms.